The van der Waals surface area contributed by atoms with E-state index in [0.717, 1.165) is 30.9 Å². The van der Waals surface area contributed by atoms with Gasteiger partial charge in [-0.1, -0.05) is 32.9 Å². The number of hydrogen-bond acceptors (Lipinski definition) is 7. The molecule has 2 rings (SSSR count). The molecule has 1 amide bonds. The Morgan fingerprint density at radius 1 is 1.00 bits per heavy atom. The van der Waals surface area contributed by atoms with Gasteiger partial charge in [0.25, 0.3) is 11.6 Å². The highest BCUT2D eigenvalue weighted by atomic mass is 16.6. The summed E-state index contributed by atoms with van der Waals surface area (Å²) < 4.78 is 9.44. The molecule has 0 aliphatic heterocycles. The molecule has 9 heteroatoms. The van der Waals surface area contributed by atoms with Crippen LogP contribution in [0.15, 0.2) is 42.5 Å². The van der Waals surface area contributed by atoms with Gasteiger partial charge in [0.2, 0.25) is 0 Å². The van der Waals surface area contributed by atoms with E-state index in [9.17, 15) is 24.5 Å². The fourth-order valence-electron chi connectivity index (χ4n) is 2.54. The summed E-state index contributed by atoms with van der Waals surface area (Å²) in [5.74, 6) is -2.41. The molecule has 0 saturated heterocycles. The van der Waals surface area contributed by atoms with Crippen molar-refractivity contribution in [3.63, 3.8) is 0 Å². The van der Waals surface area contributed by atoms with Crippen molar-refractivity contribution in [3.8, 4) is 0 Å². The number of ether oxygens (including phenoxy) is 2. The molecule has 0 atom stereocenters. The van der Waals surface area contributed by atoms with Crippen LogP contribution in [0.5, 0.6) is 0 Å². The van der Waals surface area contributed by atoms with Crippen molar-refractivity contribution in [2.24, 2.45) is 0 Å². The predicted octanol–water partition coefficient (Wildman–Crippen LogP) is 3.47. The number of nitro groups is 1. The summed E-state index contributed by atoms with van der Waals surface area (Å²) in [6, 6.07) is 10.3. The Bertz CT molecular complexity index is 976. The van der Waals surface area contributed by atoms with Crippen LogP contribution < -0.4 is 5.32 Å². The highest BCUT2D eigenvalue weighted by molar-refractivity contribution is 5.98. The van der Waals surface area contributed by atoms with Crippen molar-refractivity contribution in [2.45, 2.75) is 26.2 Å². The van der Waals surface area contributed by atoms with Crippen molar-refractivity contribution in [2.75, 3.05) is 19.0 Å². The number of carbonyl (C=O) groups is 3. The number of non-ortho nitro benzene ring substituents is 1. The second-order valence-corrected chi connectivity index (χ2v) is 7.47. The minimum Gasteiger partial charge on any atom is -0.465 e. The summed E-state index contributed by atoms with van der Waals surface area (Å²) in [6.45, 7) is 5.61. The normalized spacial score (nSPS) is 10.8. The lowest BCUT2D eigenvalue weighted by molar-refractivity contribution is -0.384. The molecule has 0 saturated carbocycles. The summed E-state index contributed by atoms with van der Waals surface area (Å²) in [7, 11) is 1.11. The second kappa shape index (κ2) is 9.17. The molecule has 0 radical (unpaired) electrons. The van der Waals surface area contributed by atoms with Gasteiger partial charge in [-0.25, -0.2) is 9.59 Å². The fourth-order valence-corrected chi connectivity index (χ4v) is 2.54. The number of rotatable bonds is 6. The van der Waals surface area contributed by atoms with Crippen LogP contribution in [-0.4, -0.2) is 36.5 Å². The quantitative estimate of drug-likeness (QED) is 0.436. The number of nitro benzene ring substituents is 1. The first-order valence-electron chi connectivity index (χ1n) is 8.96. The molecule has 0 aliphatic carbocycles. The molecule has 0 bridgehead atoms. The first kappa shape index (κ1) is 22.5. The third-order valence-corrected chi connectivity index (χ3v) is 4.15. The fraction of sp³-hybridized carbons (Fsp3) is 0.286. The average Bonchev–Trinajstić information content (AvgIpc) is 2.70. The summed E-state index contributed by atoms with van der Waals surface area (Å²) in [4.78, 5) is 46.2. The van der Waals surface area contributed by atoms with Gasteiger partial charge in [0.15, 0.2) is 6.61 Å². The van der Waals surface area contributed by atoms with E-state index in [4.69, 9.17) is 4.74 Å². The van der Waals surface area contributed by atoms with E-state index in [2.05, 4.69) is 30.8 Å². The number of hydrogen-bond donors (Lipinski definition) is 1. The molecule has 0 unspecified atom stereocenters. The molecule has 1 N–H and O–H groups in total. The van der Waals surface area contributed by atoms with Crippen molar-refractivity contribution in [1.82, 2.24) is 0 Å². The van der Waals surface area contributed by atoms with E-state index in [1.165, 1.54) is 0 Å². The maximum Gasteiger partial charge on any atom is 0.338 e. The Morgan fingerprint density at radius 3 is 2.07 bits per heavy atom. The number of benzene rings is 2. The maximum atomic E-state index is 12.2. The highest BCUT2D eigenvalue weighted by Gasteiger charge is 2.20. The van der Waals surface area contributed by atoms with Gasteiger partial charge in [-0.3, -0.25) is 14.9 Å². The van der Waals surface area contributed by atoms with E-state index >= 15 is 0 Å². The average molecular weight is 414 g/mol. The molecular formula is C21H22N2O7. The summed E-state index contributed by atoms with van der Waals surface area (Å²) >= 11 is 0. The minimum atomic E-state index is -0.984. The van der Waals surface area contributed by atoms with Gasteiger partial charge in [-0.05, 0) is 29.2 Å². The molecule has 2 aromatic carbocycles. The number of anilines is 1. The van der Waals surface area contributed by atoms with Crippen molar-refractivity contribution in [3.05, 3.63) is 69.3 Å². The lowest BCUT2D eigenvalue weighted by Gasteiger charge is -2.19. The van der Waals surface area contributed by atoms with Crippen LogP contribution in [0.3, 0.4) is 0 Å². The van der Waals surface area contributed by atoms with Gasteiger partial charge in [-0.2, -0.15) is 0 Å². The first-order valence-corrected chi connectivity index (χ1v) is 8.96. The number of methoxy groups -OCH3 is 1. The minimum absolute atomic E-state index is 0.0284. The van der Waals surface area contributed by atoms with Crippen LogP contribution in [0, 0.1) is 10.1 Å². The van der Waals surface area contributed by atoms with Gasteiger partial charge < -0.3 is 14.8 Å². The van der Waals surface area contributed by atoms with Crippen molar-refractivity contribution in [1.29, 1.82) is 0 Å². The number of esters is 2. The summed E-state index contributed by atoms with van der Waals surface area (Å²) in [6.07, 6.45) is 0. The Morgan fingerprint density at radius 2 is 1.57 bits per heavy atom. The molecule has 0 heterocycles. The van der Waals surface area contributed by atoms with Gasteiger partial charge >= 0.3 is 11.9 Å². The molecule has 2 aromatic rings. The standard InChI is InChI=1S/C21H22N2O7/c1-21(2,3)15-5-7-16(8-6-15)22-18(24)12-30-20(26)14-9-13(19(25)29-4)10-17(11-14)23(27)28/h5-11H,12H2,1-4H3,(H,22,24). The van der Waals surface area contributed by atoms with Crippen LogP contribution in [0.2, 0.25) is 0 Å². The molecule has 0 spiro atoms. The number of carbonyl (C=O) groups excluding carboxylic acids is 3. The molecule has 0 aliphatic rings. The Kier molecular flexibility index (Phi) is 6.89. The zero-order valence-corrected chi connectivity index (χ0v) is 17.1. The maximum absolute atomic E-state index is 12.2. The zero-order chi connectivity index (χ0) is 22.5. The Balaban J connectivity index is 2.04. The molecular weight excluding hydrogens is 392 g/mol. The van der Waals surface area contributed by atoms with Gasteiger partial charge in [0, 0.05) is 17.8 Å². The number of nitrogens with one attached hydrogen (secondary N) is 1. The van der Waals surface area contributed by atoms with Crippen LogP contribution in [-0.2, 0) is 19.7 Å². The number of nitrogens with zero attached hydrogens (tertiary/aromatic N) is 1. The largest absolute Gasteiger partial charge is 0.465 e. The third kappa shape index (κ3) is 5.87. The third-order valence-electron chi connectivity index (χ3n) is 4.15. The molecule has 30 heavy (non-hydrogen) atoms. The topological polar surface area (TPSA) is 125 Å². The molecule has 0 fully saturated rings. The van der Waals surface area contributed by atoms with Gasteiger partial charge in [0.1, 0.15) is 0 Å². The van der Waals surface area contributed by atoms with Crippen molar-refractivity contribution < 1.29 is 28.8 Å². The SMILES string of the molecule is COC(=O)c1cc(C(=O)OCC(=O)Nc2ccc(C(C)(C)C)cc2)cc([N+](=O)[O-])c1. The summed E-state index contributed by atoms with van der Waals surface area (Å²) in [5.41, 5.74) is 0.702. The molecule has 0 aromatic heterocycles. The first-order chi connectivity index (χ1) is 14.0. The molecule has 158 valence electrons. The smallest absolute Gasteiger partial charge is 0.338 e. The highest BCUT2D eigenvalue weighted by Crippen LogP contribution is 2.23. The zero-order valence-electron chi connectivity index (χ0n) is 17.1. The monoisotopic (exact) mass is 414 g/mol. The van der Waals surface area contributed by atoms with E-state index in [-0.39, 0.29) is 16.5 Å². The van der Waals surface area contributed by atoms with E-state index < -0.39 is 35.1 Å². The van der Waals surface area contributed by atoms with Crippen LogP contribution in [0.4, 0.5) is 11.4 Å². The van der Waals surface area contributed by atoms with E-state index in [1.807, 2.05) is 12.1 Å². The Labute approximate surface area is 173 Å². The van der Waals surface area contributed by atoms with Gasteiger partial charge in [-0.15, -0.1) is 0 Å². The van der Waals surface area contributed by atoms with Gasteiger partial charge in [0.05, 0.1) is 23.2 Å². The lowest BCUT2D eigenvalue weighted by Crippen LogP contribution is -2.21. The Hall–Kier alpha value is -3.75. The predicted molar refractivity (Wildman–Crippen MR) is 108 cm³/mol. The second-order valence-electron chi connectivity index (χ2n) is 7.47. The van der Waals surface area contributed by atoms with E-state index in [1.54, 1.807) is 12.1 Å². The van der Waals surface area contributed by atoms with Crippen molar-refractivity contribution >= 4 is 29.2 Å². The van der Waals surface area contributed by atoms with E-state index in [0.29, 0.717) is 5.69 Å². The lowest BCUT2D eigenvalue weighted by atomic mass is 9.87. The molecule has 9 nitrogen and oxygen atoms in total. The van der Waals surface area contributed by atoms with Crippen LogP contribution in [0.1, 0.15) is 47.1 Å². The van der Waals surface area contributed by atoms with Crippen LogP contribution >= 0.6 is 0 Å². The summed E-state index contributed by atoms with van der Waals surface area (Å²) in [5, 5.41) is 13.6. The van der Waals surface area contributed by atoms with Crippen LogP contribution in [0.25, 0.3) is 0 Å². The number of amides is 1.